The molecule has 2 N–H and O–H groups in total. The predicted molar refractivity (Wildman–Crippen MR) is 68.9 cm³/mol. The first-order chi connectivity index (χ1) is 9.33. The number of methoxy groups -OCH3 is 1. The van der Waals surface area contributed by atoms with Crippen LogP contribution in [0.15, 0.2) is 18.2 Å². The molecule has 1 aromatic carbocycles. The molecule has 0 saturated heterocycles. The molecule has 0 aliphatic rings. The van der Waals surface area contributed by atoms with Crippen LogP contribution >= 0.6 is 0 Å². The summed E-state index contributed by atoms with van der Waals surface area (Å²) in [5.74, 6) is 2.13. The van der Waals surface area contributed by atoms with Crippen molar-refractivity contribution in [1.29, 1.82) is 0 Å². The highest BCUT2D eigenvalue weighted by Crippen LogP contribution is 2.27. The Morgan fingerprint density at radius 2 is 2.16 bits per heavy atom. The summed E-state index contributed by atoms with van der Waals surface area (Å²) in [5.41, 5.74) is 1.10. The van der Waals surface area contributed by atoms with Crippen molar-refractivity contribution < 1.29 is 9.47 Å². The molecule has 1 heterocycles. The average Bonchev–Trinajstić information content (AvgIpc) is 2.93. The first-order valence-corrected chi connectivity index (χ1v) is 6.06. The van der Waals surface area contributed by atoms with Crippen LogP contribution in [0.4, 0.5) is 0 Å². The molecule has 0 aliphatic carbocycles. The Balaban J connectivity index is 1.94. The van der Waals surface area contributed by atoms with Gasteiger partial charge < -0.3 is 14.8 Å². The van der Waals surface area contributed by atoms with Crippen LogP contribution in [0.1, 0.15) is 18.3 Å². The van der Waals surface area contributed by atoms with Crippen molar-refractivity contribution in [3.8, 4) is 11.5 Å². The number of H-pyrrole nitrogens is 1. The topological polar surface area (TPSA) is 85.0 Å². The van der Waals surface area contributed by atoms with E-state index in [0.29, 0.717) is 25.5 Å². The number of hydrogen-bond donors (Lipinski definition) is 2. The summed E-state index contributed by atoms with van der Waals surface area (Å²) < 4.78 is 10.8. The summed E-state index contributed by atoms with van der Waals surface area (Å²) in [7, 11) is 1.63. The van der Waals surface area contributed by atoms with E-state index < -0.39 is 0 Å². The van der Waals surface area contributed by atoms with Crippen LogP contribution in [0.5, 0.6) is 11.5 Å². The van der Waals surface area contributed by atoms with Gasteiger partial charge in [-0.15, -0.1) is 10.2 Å². The van der Waals surface area contributed by atoms with Crippen LogP contribution in [-0.4, -0.2) is 34.3 Å². The first-order valence-electron chi connectivity index (χ1n) is 6.06. The van der Waals surface area contributed by atoms with Gasteiger partial charge in [-0.3, -0.25) is 0 Å². The average molecular weight is 263 g/mol. The molecule has 7 nitrogen and oxygen atoms in total. The second-order valence-corrected chi connectivity index (χ2v) is 3.85. The van der Waals surface area contributed by atoms with E-state index in [2.05, 4.69) is 25.9 Å². The highest BCUT2D eigenvalue weighted by molar-refractivity contribution is 5.42. The van der Waals surface area contributed by atoms with Gasteiger partial charge in [0.2, 0.25) is 0 Å². The lowest BCUT2D eigenvalue weighted by Crippen LogP contribution is -2.14. The SMILES string of the molecule is CCOc1cc(CNCc2nn[nH]n2)ccc1OC. The van der Waals surface area contributed by atoms with Crippen LogP contribution in [0.2, 0.25) is 0 Å². The van der Waals surface area contributed by atoms with Crippen molar-refractivity contribution in [3.63, 3.8) is 0 Å². The molecule has 0 unspecified atom stereocenters. The van der Waals surface area contributed by atoms with Gasteiger partial charge in [-0.25, -0.2) is 0 Å². The number of nitrogens with one attached hydrogen (secondary N) is 2. The molecule has 102 valence electrons. The molecule has 0 radical (unpaired) electrons. The normalized spacial score (nSPS) is 10.4. The molecule has 0 saturated carbocycles. The Labute approximate surface area is 111 Å². The maximum Gasteiger partial charge on any atom is 0.188 e. The van der Waals surface area contributed by atoms with Crippen LogP contribution in [0, 0.1) is 0 Å². The number of nitrogens with zero attached hydrogens (tertiary/aromatic N) is 3. The Hall–Kier alpha value is -2.15. The highest BCUT2D eigenvalue weighted by Gasteiger charge is 2.05. The van der Waals surface area contributed by atoms with Gasteiger partial charge in [0.25, 0.3) is 0 Å². The lowest BCUT2D eigenvalue weighted by molar-refractivity contribution is 0.310. The molecule has 7 heteroatoms. The minimum atomic E-state index is 0.562. The van der Waals surface area contributed by atoms with Gasteiger partial charge in [-0.2, -0.15) is 5.21 Å². The highest BCUT2D eigenvalue weighted by atomic mass is 16.5. The molecule has 0 amide bonds. The smallest absolute Gasteiger partial charge is 0.188 e. The van der Waals surface area contributed by atoms with Crippen molar-refractivity contribution >= 4 is 0 Å². The van der Waals surface area contributed by atoms with E-state index in [1.54, 1.807) is 7.11 Å². The monoisotopic (exact) mass is 263 g/mol. The molecular formula is C12H17N5O2. The summed E-state index contributed by atoms with van der Waals surface area (Å²) >= 11 is 0. The number of hydrogen-bond acceptors (Lipinski definition) is 6. The van der Waals surface area contributed by atoms with Gasteiger partial charge in [-0.05, 0) is 24.6 Å². The van der Waals surface area contributed by atoms with E-state index >= 15 is 0 Å². The number of aromatic nitrogens is 4. The number of benzene rings is 1. The van der Waals surface area contributed by atoms with E-state index in [4.69, 9.17) is 9.47 Å². The quantitative estimate of drug-likeness (QED) is 0.772. The van der Waals surface area contributed by atoms with E-state index in [1.807, 2.05) is 25.1 Å². The molecular weight excluding hydrogens is 246 g/mol. The second-order valence-electron chi connectivity index (χ2n) is 3.85. The fourth-order valence-corrected chi connectivity index (χ4v) is 1.68. The minimum absolute atomic E-state index is 0.562. The van der Waals surface area contributed by atoms with Gasteiger partial charge in [0.1, 0.15) is 0 Å². The maximum absolute atomic E-state index is 5.53. The van der Waals surface area contributed by atoms with Gasteiger partial charge in [-0.1, -0.05) is 11.3 Å². The van der Waals surface area contributed by atoms with Crippen molar-refractivity contribution in [2.45, 2.75) is 20.0 Å². The summed E-state index contributed by atoms with van der Waals surface area (Å²) in [4.78, 5) is 0. The third-order valence-electron chi connectivity index (χ3n) is 2.53. The minimum Gasteiger partial charge on any atom is -0.493 e. The van der Waals surface area contributed by atoms with Crippen molar-refractivity contribution in [2.24, 2.45) is 0 Å². The third-order valence-corrected chi connectivity index (χ3v) is 2.53. The number of ether oxygens (including phenoxy) is 2. The van der Waals surface area contributed by atoms with Gasteiger partial charge in [0, 0.05) is 6.54 Å². The Kier molecular flexibility index (Phi) is 4.68. The summed E-state index contributed by atoms with van der Waals surface area (Å²) in [6.07, 6.45) is 0. The van der Waals surface area contributed by atoms with Gasteiger partial charge in [0.05, 0.1) is 20.3 Å². The summed E-state index contributed by atoms with van der Waals surface area (Å²) in [6, 6.07) is 5.85. The lowest BCUT2D eigenvalue weighted by atomic mass is 10.2. The number of aromatic amines is 1. The Morgan fingerprint density at radius 3 is 2.84 bits per heavy atom. The fraction of sp³-hybridized carbons (Fsp3) is 0.417. The molecule has 2 rings (SSSR count). The van der Waals surface area contributed by atoms with Crippen LogP contribution in [0.25, 0.3) is 0 Å². The largest absolute Gasteiger partial charge is 0.493 e. The molecule has 0 atom stereocenters. The fourth-order valence-electron chi connectivity index (χ4n) is 1.68. The zero-order chi connectivity index (χ0) is 13.5. The second kappa shape index (κ2) is 6.69. The zero-order valence-corrected chi connectivity index (χ0v) is 11.0. The summed E-state index contributed by atoms with van der Waals surface area (Å²) in [6.45, 7) is 3.81. The molecule has 0 bridgehead atoms. The molecule has 0 spiro atoms. The van der Waals surface area contributed by atoms with Crippen LogP contribution in [0.3, 0.4) is 0 Å². The Bertz CT molecular complexity index is 501. The van der Waals surface area contributed by atoms with E-state index in [0.717, 1.165) is 17.1 Å². The lowest BCUT2D eigenvalue weighted by Gasteiger charge is -2.11. The molecule has 2 aromatic rings. The van der Waals surface area contributed by atoms with Crippen LogP contribution < -0.4 is 14.8 Å². The predicted octanol–water partition coefficient (Wildman–Crippen LogP) is 0.897. The van der Waals surface area contributed by atoms with Crippen LogP contribution in [-0.2, 0) is 13.1 Å². The summed E-state index contributed by atoms with van der Waals surface area (Å²) in [5, 5.41) is 16.9. The zero-order valence-electron chi connectivity index (χ0n) is 11.0. The molecule has 0 fully saturated rings. The number of tetrazole rings is 1. The van der Waals surface area contributed by atoms with Gasteiger partial charge >= 0.3 is 0 Å². The molecule has 1 aromatic heterocycles. The van der Waals surface area contributed by atoms with Gasteiger partial charge in [0.15, 0.2) is 17.3 Å². The van der Waals surface area contributed by atoms with E-state index in [-0.39, 0.29) is 0 Å². The molecule has 0 aliphatic heterocycles. The standard InChI is InChI=1S/C12H17N5O2/c1-3-19-11-6-9(4-5-10(11)18-2)7-13-8-12-14-16-17-15-12/h4-6,13H,3,7-8H2,1-2H3,(H,14,15,16,17). The van der Waals surface area contributed by atoms with E-state index in [1.165, 1.54) is 0 Å². The maximum atomic E-state index is 5.53. The van der Waals surface area contributed by atoms with E-state index in [9.17, 15) is 0 Å². The van der Waals surface area contributed by atoms with Crippen molar-refractivity contribution in [2.75, 3.05) is 13.7 Å². The first kappa shape index (κ1) is 13.3. The number of rotatable bonds is 7. The van der Waals surface area contributed by atoms with Crippen molar-refractivity contribution in [3.05, 3.63) is 29.6 Å². The Morgan fingerprint density at radius 1 is 1.26 bits per heavy atom. The van der Waals surface area contributed by atoms with Crippen molar-refractivity contribution in [1.82, 2.24) is 25.9 Å². The third kappa shape index (κ3) is 3.65. The molecule has 19 heavy (non-hydrogen) atoms.